The van der Waals surface area contributed by atoms with Crippen LogP contribution in [-0.4, -0.2) is 49.7 Å². The second-order valence-electron chi connectivity index (χ2n) is 8.41. The van der Waals surface area contributed by atoms with Gasteiger partial charge in [0, 0.05) is 42.6 Å². The zero-order valence-corrected chi connectivity index (χ0v) is 19.8. The zero-order valence-electron chi connectivity index (χ0n) is 19.0. The summed E-state index contributed by atoms with van der Waals surface area (Å²) < 4.78 is 40.2. The molecule has 3 aromatic rings. The Morgan fingerprint density at radius 1 is 1.26 bits per heavy atom. The molecule has 0 saturated carbocycles. The van der Waals surface area contributed by atoms with Crippen molar-refractivity contribution in [2.24, 2.45) is 5.73 Å². The summed E-state index contributed by atoms with van der Waals surface area (Å²) in [6, 6.07) is 8.88. The van der Waals surface area contributed by atoms with Crippen LogP contribution >= 0.6 is 0 Å². The minimum absolute atomic E-state index is 0.0328. The summed E-state index contributed by atoms with van der Waals surface area (Å²) in [5, 5.41) is 2.78. The van der Waals surface area contributed by atoms with Gasteiger partial charge in [0.2, 0.25) is 10.0 Å². The molecule has 184 valence electrons. The van der Waals surface area contributed by atoms with Crippen LogP contribution in [0.3, 0.4) is 0 Å². The van der Waals surface area contributed by atoms with Crippen molar-refractivity contribution in [3.8, 4) is 11.3 Å². The fraction of sp³-hybridized carbons (Fsp3) is 0.261. The molecule has 10 nitrogen and oxygen atoms in total. The number of carbonyl (C=O) groups excluding carboxylic acids is 1. The van der Waals surface area contributed by atoms with E-state index in [0.717, 1.165) is 37.4 Å². The molecule has 1 saturated heterocycles. The van der Waals surface area contributed by atoms with Gasteiger partial charge in [0.15, 0.2) is 11.5 Å². The minimum atomic E-state index is -3.53. The number of amides is 1. The number of nitrogens with zero attached hydrogens (tertiary/aromatic N) is 3. The predicted molar refractivity (Wildman–Crippen MR) is 134 cm³/mol. The van der Waals surface area contributed by atoms with Crippen molar-refractivity contribution in [2.75, 3.05) is 40.0 Å². The molecule has 0 aliphatic carbocycles. The first-order valence-electron chi connectivity index (χ1n) is 10.9. The predicted octanol–water partition coefficient (Wildman–Crippen LogP) is 2.42. The number of nitrogens with one attached hydrogen (secondary N) is 2. The second kappa shape index (κ2) is 9.84. The Bertz CT molecular complexity index is 1370. The molecule has 1 fully saturated rings. The zero-order chi connectivity index (χ0) is 25.2. The third-order valence-corrected chi connectivity index (χ3v) is 6.11. The Morgan fingerprint density at radius 3 is 2.80 bits per heavy atom. The summed E-state index contributed by atoms with van der Waals surface area (Å²) in [5.41, 5.74) is 13.3. The lowest BCUT2D eigenvalue weighted by Gasteiger charge is -2.33. The van der Waals surface area contributed by atoms with E-state index in [1.54, 1.807) is 24.4 Å². The molecule has 4 rings (SSSR count). The van der Waals surface area contributed by atoms with Crippen molar-refractivity contribution in [3.63, 3.8) is 0 Å². The maximum absolute atomic E-state index is 14.8. The topological polar surface area (TPSA) is 156 Å². The summed E-state index contributed by atoms with van der Waals surface area (Å²) in [7, 11) is -3.53. The summed E-state index contributed by atoms with van der Waals surface area (Å²) in [6.45, 7) is 1.44. The number of rotatable bonds is 6. The summed E-state index contributed by atoms with van der Waals surface area (Å²) in [5.74, 6) is -1.38. The Balaban J connectivity index is 1.64. The number of nitrogens with two attached hydrogens (primary N) is 2. The number of anilines is 4. The number of hydrogen-bond acceptors (Lipinski definition) is 8. The molecule has 1 aliphatic heterocycles. The molecular weight excluding hydrogens is 473 g/mol. The largest absolute Gasteiger partial charge is 0.397 e. The molecular formula is C23H26FN7O3S. The van der Waals surface area contributed by atoms with E-state index < -0.39 is 21.7 Å². The fourth-order valence-corrected chi connectivity index (χ4v) is 4.56. The Hall–Kier alpha value is -3.77. The number of benzene rings is 1. The summed E-state index contributed by atoms with van der Waals surface area (Å²) in [6.07, 6.45) is 6.02. The van der Waals surface area contributed by atoms with E-state index >= 15 is 0 Å². The molecule has 1 aliphatic rings. The van der Waals surface area contributed by atoms with Crippen LogP contribution in [0.1, 0.15) is 23.3 Å². The first-order valence-corrected chi connectivity index (χ1v) is 12.8. The van der Waals surface area contributed by atoms with E-state index in [9.17, 15) is 17.6 Å². The van der Waals surface area contributed by atoms with Crippen LogP contribution in [0.4, 0.5) is 27.1 Å². The van der Waals surface area contributed by atoms with Crippen LogP contribution in [0.15, 0.2) is 48.8 Å². The van der Waals surface area contributed by atoms with Crippen LogP contribution in [0.25, 0.3) is 11.3 Å². The van der Waals surface area contributed by atoms with Crippen molar-refractivity contribution < 1.29 is 17.6 Å². The van der Waals surface area contributed by atoms with Gasteiger partial charge in [0.05, 0.1) is 29.5 Å². The van der Waals surface area contributed by atoms with Crippen LogP contribution in [0.5, 0.6) is 0 Å². The van der Waals surface area contributed by atoms with Crippen LogP contribution < -0.4 is 26.4 Å². The first-order chi connectivity index (χ1) is 16.6. The van der Waals surface area contributed by atoms with Gasteiger partial charge in [-0.05, 0) is 31.0 Å². The summed E-state index contributed by atoms with van der Waals surface area (Å²) in [4.78, 5) is 23.5. The lowest BCUT2D eigenvalue weighted by atomic mass is 10.1. The van der Waals surface area contributed by atoms with E-state index in [1.165, 1.54) is 18.3 Å². The maximum atomic E-state index is 14.8. The smallest absolute Gasteiger partial charge is 0.276 e. The SMILES string of the molecule is CS(=O)(=O)Nc1cccc(-c2nc(C(=O)Nc3cnccc3N3CCC[C@H](N)C3)c(N)cc2F)c1. The Labute approximate surface area is 202 Å². The van der Waals surface area contributed by atoms with Gasteiger partial charge in [0.1, 0.15) is 5.69 Å². The van der Waals surface area contributed by atoms with Crippen molar-refractivity contribution in [1.29, 1.82) is 0 Å². The van der Waals surface area contributed by atoms with E-state index in [0.29, 0.717) is 12.2 Å². The van der Waals surface area contributed by atoms with Gasteiger partial charge in [-0.25, -0.2) is 17.8 Å². The second-order valence-corrected chi connectivity index (χ2v) is 10.2. The van der Waals surface area contributed by atoms with Crippen LogP contribution in [0.2, 0.25) is 0 Å². The van der Waals surface area contributed by atoms with E-state index in [-0.39, 0.29) is 34.4 Å². The molecule has 0 unspecified atom stereocenters. The van der Waals surface area contributed by atoms with E-state index in [2.05, 4.69) is 24.9 Å². The van der Waals surface area contributed by atoms with Gasteiger partial charge in [-0.3, -0.25) is 14.5 Å². The van der Waals surface area contributed by atoms with Crippen molar-refractivity contribution in [3.05, 3.63) is 60.3 Å². The Morgan fingerprint density at radius 2 is 2.06 bits per heavy atom. The monoisotopic (exact) mass is 499 g/mol. The minimum Gasteiger partial charge on any atom is -0.397 e. The number of carbonyl (C=O) groups is 1. The van der Waals surface area contributed by atoms with Gasteiger partial charge in [-0.2, -0.15) is 0 Å². The quantitative estimate of drug-likeness (QED) is 0.403. The molecule has 0 spiro atoms. The number of nitrogen functional groups attached to an aromatic ring is 1. The third-order valence-electron chi connectivity index (χ3n) is 5.50. The van der Waals surface area contributed by atoms with Gasteiger partial charge >= 0.3 is 0 Å². The average Bonchev–Trinajstić information content (AvgIpc) is 2.78. The molecule has 3 heterocycles. The number of pyridine rings is 2. The van der Waals surface area contributed by atoms with Crippen molar-refractivity contribution in [1.82, 2.24) is 9.97 Å². The highest BCUT2D eigenvalue weighted by molar-refractivity contribution is 7.92. The molecule has 35 heavy (non-hydrogen) atoms. The van der Waals surface area contributed by atoms with Crippen molar-refractivity contribution in [2.45, 2.75) is 18.9 Å². The fourth-order valence-electron chi connectivity index (χ4n) is 4.00. The highest BCUT2D eigenvalue weighted by atomic mass is 32.2. The molecule has 1 atom stereocenters. The van der Waals surface area contributed by atoms with Crippen LogP contribution in [-0.2, 0) is 10.0 Å². The number of sulfonamides is 1. The molecule has 1 aromatic carbocycles. The highest BCUT2D eigenvalue weighted by Crippen LogP contribution is 2.30. The van der Waals surface area contributed by atoms with Crippen molar-refractivity contribution >= 4 is 38.7 Å². The summed E-state index contributed by atoms with van der Waals surface area (Å²) >= 11 is 0. The number of halogens is 1. The van der Waals surface area contributed by atoms with Gasteiger partial charge in [-0.15, -0.1) is 0 Å². The molecule has 6 N–H and O–H groups in total. The highest BCUT2D eigenvalue weighted by Gasteiger charge is 2.22. The third kappa shape index (κ3) is 5.84. The van der Waals surface area contributed by atoms with Gasteiger partial charge < -0.3 is 21.7 Å². The number of hydrogen-bond donors (Lipinski definition) is 4. The molecule has 1 amide bonds. The molecule has 0 radical (unpaired) electrons. The normalized spacial score (nSPS) is 16.1. The van der Waals surface area contributed by atoms with E-state index in [1.807, 2.05) is 0 Å². The first kappa shape index (κ1) is 24.4. The molecule has 0 bridgehead atoms. The number of aromatic nitrogens is 2. The lowest BCUT2D eigenvalue weighted by Crippen LogP contribution is -2.43. The molecule has 2 aromatic heterocycles. The lowest BCUT2D eigenvalue weighted by molar-refractivity contribution is 0.102. The van der Waals surface area contributed by atoms with Crippen LogP contribution in [0, 0.1) is 5.82 Å². The van der Waals surface area contributed by atoms with E-state index in [4.69, 9.17) is 11.5 Å². The average molecular weight is 500 g/mol. The standard InChI is InChI=1S/C23H26FN7O3S/c1-35(33,34)30-16-6-2-4-14(10-16)21-17(24)11-18(26)22(29-21)23(32)28-19-12-27-8-7-20(19)31-9-3-5-15(25)13-31/h2,4,6-8,10-12,15,30H,3,5,9,13,25-26H2,1H3,(H,28,32)/t15-/m0/s1. The van der Waals surface area contributed by atoms with Gasteiger partial charge in [-0.1, -0.05) is 12.1 Å². The maximum Gasteiger partial charge on any atom is 0.276 e. The Kier molecular flexibility index (Phi) is 6.85. The number of piperidine rings is 1. The van der Waals surface area contributed by atoms with Gasteiger partial charge in [0.25, 0.3) is 5.91 Å². The molecule has 12 heteroatoms.